The van der Waals surface area contributed by atoms with Crippen LogP contribution in [0.15, 0.2) is 30.5 Å². The molecule has 0 atom stereocenters. The molecule has 2 N–H and O–H groups in total. The van der Waals surface area contributed by atoms with Crippen LogP contribution in [0.25, 0.3) is 0 Å². The standard InChI is InChI=1S/C13H7F3N2O3/c14-8-4-6(5-9(15)10(8)16)12(19)18-11-7(13(20)21)2-1-3-17-11/h1-5H,(H,20,21)(H,17,18,19). The van der Waals surface area contributed by atoms with Gasteiger partial charge in [-0.2, -0.15) is 0 Å². The molecule has 2 aromatic rings. The van der Waals surface area contributed by atoms with Crippen LogP contribution in [0.1, 0.15) is 20.7 Å². The summed E-state index contributed by atoms with van der Waals surface area (Å²) in [6.07, 6.45) is 1.23. The molecule has 1 aromatic heterocycles. The topological polar surface area (TPSA) is 79.3 Å². The number of hydrogen-bond acceptors (Lipinski definition) is 3. The van der Waals surface area contributed by atoms with Gasteiger partial charge in [0.25, 0.3) is 5.91 Å². The number of nitrogens with one attached hydrogen (secondary N) is 1. The predicted molar refractivity (Wildman–Crippen MR) is 65.5 cm³/mol. The molecule has 0 bridgehead atoms. The first-order valence-electron chi connectivity index (χ1n) is 5.54. The summed E-state index contributed by atoms with van der Waals surface area (Å²) in [6.45, 7) is 0. The molecule has 1 amide bonds. The third-order valence-corrected chi connectivity index (χ3v) is 2.52. The molecule has 0 aliphatic carbocycles. The largest absolute Gasteiger partial charge is 0.478 e. The third kappa shape index (κ3) is 2.99. The number of carboxylic acids is 1. The number of nitrogens with zero attached hydrogens (tertiary/aromatic N) is 1. The Hall–Kier alpha value is -2.90. The smallest absolute Gasteiger partial charge is 0.339 e. The minimum atomic E-state index is -1.70. The fourth-order valence-corrected chi connectivity index (χ4v) is 1.54. The number of aromatic carboxylic acids is 1. The van der Waals surface area contributed by atoms with Gasteiger partial charge >= 0.3 is 5.97 Å². The predicted octanol–water partition coefficient (Wildman–Crippen LogP) is 2.45. The molecule has 21 heavy (non-hydrogen) atoms. The lowest BCUT2D eigenvalue weighted by Gasteiger charge is -2.07. The van der Waals surface area contributed by atoms with E-state index in [1.807, 2.05) is 0 Å². The van der Waals surface area contributed by atoms with Gasteiger partial charge < -0.3 is 10.4 Å². The molecule has 1 aromatic carbocycles. The normalized spacial score (nSPS) is 10.2. The van der Waals surface area contributed by atoms with E-state index < -0.39 is 34.9 Å². The number of amides is 1. The van der Waals surface area contributed by atoms with Gasteiger partial charge in [0.2, 0.25) is 0 Å². The summed E-state index contributed by atoms with van der Waals surface area (Å²) >= 11 is 0. The first-order valence-corrected chi connectivity index (χ1v) is 5.54. The molecule has 0 saturated heterocycles. The van der Waals surface area contributed by atoms with Crippen molar-refractivity contribution >= 4 is 17.7 Å². The second-order valence-electron chi connectivity index (χ2n) is 3.91. The lowest BCUT2D eigenvalue weighted by molar-refractivity contribution is 0.0697. The van der Waals surface area contributed by atoms with Gasteiger partial charge in [-0.15, -0.1) is 0 Å². The van der Waals surface area contributed by atoms with Crippen molar-refractivity contribution in [2.75, 3.05) is 5.32 Å². The average Bonchev–Trinajstić information content (AvgIpc) is 2.44. The molecule has 108 valence electrons. The second kappa shape index (κ2) is 5.61. The van der Waals surface area contributed by atoms with E-state index >= 15 is 0 Å². The fraction of sp³-hybridized carbons (Fsp3) is 0. The number of anilines is 1. The highest BCUT2D eigenvalue weighted by Gasteiger charge is 2.18. The molecule has 1 heterocycles. The highest BCUT2D eigenvalue weighted by molar-refractivity contribution is 6.06. The lowest BCUT2D eigenvalue weighted by atomic mass is 10.2. The zero-order valence-corrected chi connectivity index (χ0v) is 10.2. The molecular weight excluding hydrogens is 289 g/mol. The van der Waals surface area contributed by atoms with Crippen molar-refractivity contribution in [2.24, 2.45) is 0 Å². The number of pyridine rings is 1. The van der Waals surface area contributed by atoms with Crippen molar-refractivity contribution in [2.45, 2.75) is 0 Å². The van der Waals surface area contributed by atoms with Crippen LogP contribution in [0.5, 0.6) is 0 Å². The van der Waals surface area contributed by atoms with Crippen molar-refractivity contribution in [3.8, 4) is 0 Å². The van der Waals surface area contributed by atoms with Crippen molar-refractivity contribution in [1.29, 1.82) is 0 Å². The summed E-state index contributed by atoms with van der Waals surface area (Å²) < 4.78 is 38.9. The quantitative estimate of drug-likeness (QED) is 0.853. The molecule has 0 aliphatic rings. The average molecular weight is 296 g/mol. The van der Waals surface area contributed by atoms with Crippen LogP contribution < -0.4 is 5.32 Å². The van der Waals surface area contributed by atoms with Gasteiger partial charge in [0.1, 0.15) is 11.4 Å². The number of rotatable bonds is 3. The molecule has 0 aliphatic heterocycles. The number of carboxylic acid groups (broad SMARTS) is 1. The Bertz CT molecular complexity index is 711. The van der Waals surface area contributed by atoms with E-state index in [2.05, 4.69) is 10.3 Å². The first-order chi connectivity index (χ1) is 9.90. The van der Waals surface area contributed by atoms with Gasteiger partial charge in [0, 0.05) is 11.8 Å². The zero-order chi connectivity index (χ0) is 15.6. The van der Waals surface area contributed by atoms with Crippen LogP contribution in [0, 0.1) is 17.5 Å². The number of benzene rings is 1. The van der Waals surface area contributed by atoms with Gasteiger partial charge in [0.05, 0.1) is 0 Å². The minimum Gasteiger partial charge on any atom is -0.478 e. The Morgan fingerprint density at radius 2 is 1.76 bits per heavy atom. The van der Waals surface area contributed by atoms with Crippen LogP contribution in [-0.4, -0.2) is 22.0 Å². The molecule has 0 unspecified atom stereocenters. The van der Waals surface area contributed by atoms with Crippen LogP contribution in [-0.2, 0) is 0 Å². The first kappa shape index (κ1) is 14.5. The Balaban J connectivity index is 2.33. The van der Waals surface area contributed by atoms with Crippen molar-refractivity contribution in [3.05, 3.63) is 59.0 Å². The van der Waals surface area contributed by atoms with E-state index in [1.165, 1.54) is 18.3 Å². The van der Waals surface area contributed by atoms with Gasteiger partial charge in [-0.1, -0.05) is 0 Å². The summed E-state index contributed by atoms with van der Waals surface area (Å²) in [4.78, 5) is 26.4. The lowest BCUT2D eigenvalue weighted by Crippen LogP contribution is -2.16. The van der Waals surface area contributed by atoms with E-state index in [0.29, 0.717) is 12.1 Å². The van der Waals surface area contributed by atoms with Gasteiger partial charge in [-0.3, -0.25) is 4.79 Å². The Morgan fingerprint density at radius 1 is 1.14 bits per heavy atom. The molecule has 0 saturated carbocycles. The van der Waals surface area contributed by atoms with Crippen molar-refractivity contribution in [1.82, 2.24) is 4.98 Å². The SMILES string of the molecule is O=C(Nc1ncccc1C(=O)O)c1cc(F)c(F)c(F)c1. The van der Waals surface area contributed by atoms with Crippen LogP contribution in [0.4, 0.5) is 19.0 Å². The van der Waals surface area contributed by atoms with Gasteiger partial charge in [-0.25, -0.2) is 22.9 Å². The summed E-state index contributed by atoms with van der Waals surface area (Å²) in [5.74, 6) is -7.40. The Kier molecular flexibility index (Phi) is 3.88. The number of hydrogen-bond donors (Lipinski definition) is 2. The molecule has 5 nitrogen and oxygen atoms in total. The molecule has 0 spiro atoms. The summed E-state index contributed by atoms with van der Waals surface area (Å²) in [7, 11) is 0. The monoisotopic (exact) mass is 296 g/mol. The van der Waals surface area contributed by atoms with Gasteiger partial charge in [-0.05, 0) is 24.3 Å². The maximum absolute atomic E-state index is 13.0. The zero-order valence-electron chi connectivity index (χ0n) is 10.2. The van der Waals surface area contributed by atoms with E-state index in [0.717, 1.165) is 0 Å². The highest BCUT2D eigenvalue weighted by Crippen LogP contribution is 2.16. The van der Waals surface area contributed by atoms with E-state index in [9.17, 15) is 22.8 Å². The molecule has 0 radical (unpaired) electrons. The maximum atomic E-state index is 13.0. The number of carbonyl (C=O) groups excluding carboxylic acids is 1. The highest BCUT2D eigenvalue weighted by atomic mass is 19.2. The number of aromatic nitrogens is 1. The Morgan fingerprint density at radius 3 is 2.33 bits per heavy atom. The van der Waals surface area contributed by atoms with Crippen molar-refractivity contribution in [3.63, 3.8) is 0 Å². The van der Waals surface area contributed by atoms with Crippen LogP contribution >= 0.6 is 0 Å². The van der Waals surface area contributed by atoms with E-state index in [4.69, 9.17) is 5.11 Å². The molecular formula is C13H7F3N2O3. The summed E-state index contributed by atoms with van der Waals surface area (Å²) in [5, 5.41) is 11.0. The number of halogens is 3. The molecule has 2 rings (SSSR count). The number of carbonyl (C=O) groups is 2. The van der Waals surface area contributed by atoms with Crippen LogP contribution in [0.2, 0.25) is 0 Å². The minimum absolute atomic E-state index is 0.292. The van der Waals surface area contributed by atoms with Crippen molar-refractivity contribution < 1.29 is 27.9 Å². The van der Waals surface area contributed by atoms with E-state index in [1.54, 1.807) is 0 Å². The molecule has 0 fully saturated rings. The summed E-state index contributed by atoms with van der Waals surface area (Å²) in [5.41, 5.74) is -0.803. The maximum Gasteiger partial charge on any atom is 0.339 e. The molecule has 8 heteroatoms. The van der Waals surface area contributed by atoms with Gasteiger partial charge in [0.15, 0.2) is 17.5 Å². The fourth-order valence-electron chi connectivity index (χ4n) is 1.54. The summed E-state index contributed by atoms with van der Waals surface area (Å²) in [6, 6.07) is 3.53. The Labute approximate surface area is 116 Å². The van der Waals surface area contributed by atoms with Crippen LogP contribution in [0.3, 0.4) is 0 Å². The third-order valence-electron chi connectivity index (χ3n) is 2.52. The van der Waals surface area contributed by atoms with E-state index in [-0.39, 0.29) is 11.4 Å². The second-order valence-corrected chi connectivity index (χ2v) is 3.91.